The zero-order valence-electron chi connectivity index (χ0n) is 10.9. The Morgan fingerprint density at radius 1 is 1.00 bits per heavy atom. The van der Waals surface area contributed by atoms with Gasteiger partial charge in [-0.25, -0.2) is 4.57 Å². The number of aromatic nitrogens is 2. The van der Waals surface area contributed by atoms with Crippen molar-refractivity contribution in [1.82, 2.24) is 4.98 Å². The van der Waals surface area contributed by atoms with Gasteiger partial charge in [0.05, 0.1) is 0 Å². The van der Waals surface area contributed by atoms with Crippen LogP contribution in [0.2, 0.25) is 0 Å². The molecule has 3 nitrogen and oxygen atoms in total. The lowest BCUT2D eigenvalue weighted by atomic mass is 10.1. The Bertz CT molecular complexity index is 943. The first-order chi connectivity index (χ1) is 9.22. The third-order valence-electron chi connectivity index (χ3n) is 3.64. The molecule has 2 aromatic heterocycles. The smallest absolute Gasteiger partial charge is 0.176 e. The van der Waals surface area contributed by atoms with Crippen LogP contribution in [0.4, 0.5) is 0 Å². The van der Waals surface area contributed by atoms with Crippen LogP contribution in [0.15, 0.2) is 48.8 Å². The lowest BCUT2D eigenvalue weighted by molar-refractivity contribution is -0.670. The molecule has 4 aromatic rings. The molecule has 0 aliphatic heterocycles. The summed E-state index contributed by atoms with van der Waals surface area (Å²) in [6.45, 7) is 0. The molecule has 0 amide bonds. The number of nitrogens with zero attached hydrogens (tertiary/aromatic N) is 1. The number of phenolic OH excluding ortho intramolecular Hbond substituents is 1. The van der Waals surface area contributed by atoms with Gasteiger partial charge >= 0.3 is 0 Å². The zero-order chi connectivity index (χ0) is 13.0. The largest absolute Gasteiger partial charge is 1.00 e. The van der Waals surface area contributed by atoms with Crippen molar-refractivity contribution in [1.29, 1.82) is 0 Å². The molecule has 0 unspecified atom stereocenters. The number of hydrogen-bond donors (Lipinski definition) is 2. The normalized spacial score (nSPS) is 11.1. The molecule has 0 fully saturated rings. The van der Waals surface area contributed by atoms with Crippen LogP contribution in [0, 0.1) is 0 Å². The standard InChI is InChI=1S/C16H12N2O.HI/c1-18-7-6-12-10(9-18)2-4-15-16(12)13-8-11(19)3-5-14(13)17-15;/h2-9,19H,1H3;1H. The van der Waals surface area contributed by atoms with Gasteiger partial charge in [-0.2, -0.15) is 0 Å². The summed E-state index contributed by atoms with van der Waals surface area (Å²) in [7, 11) is 2.02. The highest BCUT2D eigenvalue weighted by Gasteiger charge is 2.10. The Hall–Kier alpha value is -1.82. The van der Waals surface area contributed by atoms with Gasteiger partial charge in [0.1, 0.15) is 12.8 Å². The molecule has 0 atom stereocenters. The first kappa shape index (κ1) is 13.2. The predicted octanol–water partition coefficient (Wildman–Crippen LogP) is 0.00840. The van der Waals surface area contributed by atoms with Gasteiger partial charge in [-0.15, -0.1) is 0 Å². The van der Waals surface area contributed by atoms with Gasteiger partial charge in [-0.1, -0.05) is 0 Å². The number of halogens is 1. The van der Waals surface area contributed by atoms with E-state index < -0.39 is 0 Å². The maximum atomic E-state index is 9.71. The summed E-state index contributed by atoms with van der Waals surface area (Å²) < 4.78 is 2.04. The van der Waals surface area contributed by atoms with Gasteiger partial charge in [0.2, 0.25) is 0 Å². The Balaban J connectivity index is 0.00000121. The molecule has 2 heterocycles. The Morgan fingerprint density at radius 2 is 1.80 bits per heavy atom. The highest BCUT2D eigenvalue weighted by atomic mass is 127. The lowest BCUT2D eigenvalue weighted by Crippen LogP contribution is -3.00. The first-order valence-electron chi connectivity index (χ1n) is 6.25. The molecule has 4 rings (SSSR count). The highest BCUT2D eigenvalue weighted by molar-refractivity contribution is 6.20. The molecule has 20 heavy (non-hydrogen) atoms. The number of hydrogen-bond acceptors (Lipinski definition) is 1. The fourth-order valence-electron chi connectivity index (χ4n) is 2.77. The molecule has 0 spiro atoms. The number of fused-ring (bicyclic) bond motifs is 5. The number of rotatable bonds is 0. The molecule has 0 aliphatic rings. The first-order valence-corrected chi connectivity index (χ1v) is 6.25. The van der Waals surface area contributed by atoms with Crippen LogP contribution in [0.1, 0.15) is 0 Å². The summed E-state index contributed by atoms with van der Waals surface area (Å²) >= 11 is 0. The molecule has 0 bridgehead atoms. The highest BCUT2D eigenvalue weighted by Crippen LogP contribution is 2.33. The minimum Gasteiger partial charge on any atom is -1.00 e. The van der Waals surface area contributed by atoms with Crippen molar-refractivity contribution in [3.63, 3.8) is 0 Å². The van der Waals surface area contributed by atoms with E-state index in [1.165, 1.54) is 16.2 Å². The van der Waals surface area contributed by atoms with Crippen LogP contribution in [0.25, 0.3) is 32.6 Å². The van der Waals surface area contributed by atoms with E-state index in [0.717, 1.165) is 16.4 Å². The van der Waals surface area contributed by atoms with Crippen LogP contribution in [0.3, 0.4) is 0 Å². The van der Waals surface area contributed by atoms with Gasteiger partial charge in [-0.05, 0) is 30.3 Å². The van der Waals surface area contributed by atoms with Gasteiger partial charge < -0.3 is 34.1 Å². The molecule has 100 valence electrons. The van der Waals surface area contributed by atoms with E-state index in [4.69, 9.17) is 0 Å². The van der Waals surface area contributed by atoms with Crippen molar-refractivity contribution in [2.75, 3.05) is 0 Å². The number of nitrogens with one attached hydrogen (secondary N) is 1. The third-order valence-corrected chi connectivity index (χ3v) is 3.64. The second kappa shape index (κ2) is 4.63. The van der Waals surface area contributed by atoms with Crippen molar-refractivity contribution in [2.24, 2.45) is 7.05 Å². The van der Waals surface area contributed by atoms with Crippen LogP contribution >= 0.6 is 0 Å². The Labute approximate surface area is 132 Å². The molecular formula is C16H13IN2O. The number of pyridine rings is 1. The molecule has 0 saturated heterocycles. The molecule has 0 saturated carbocycles. The summed E-state index contributed by atoms with van der Waals surface area (Å²) in [6, 6.07) is 11.8. The second-order valence-electron chi connectivity index (χ2n) is 4.96. The van der Waals surface area contributed by atoms with Gasteiger partial charge in [0.25, 0.3) is 0 Å². The van der Waals surface area contributed by atoms with E-state index in [0.29, 0.717) is 5.75 Å². The quantitative estimate of drug-likeness (QED) is 0.330. The fraction of sp³-hybridized carbons (Fsp3) is 0.0625. The number of aryl methyl sites for hydroxylation is 1. The van der Waals surface area contributed by atoms with Crippen molar-refractivity contribution < 1.29 is 33.7 Å². The van der Waals surface area contributed by atoms with Gasteiger partial charge in [0, 0.05) is 38.6 Å². The van der Waals surface area contributed by atoms with E-state index >= 15 is 0 Å². The maximum Gasteiger partial charge on any atom is 0.176 e. The average molecular weight is 376 g/mol. The van der Waals surface area contributed by atoms with Crippen LogP contribution in [-0.2, 0) is 7.05 Å². The predicted molar refractivity (Wildman–Crippen MR) is 76.2 cm³/mol. The summed E-state index contributed by atoms with van der Waals surface area (Å²) in [6.07, 6.45) is 4.15. The summed E-state index contributed by atoms with van der Waals surface area (Å²) in [5.74, 6) is 0.298. The van der Waals surface area contributed by atoms with Gasteiger partial charge in [-0.3, -0.25) is 0 Å². The Morgan fingerprint density at radius 3 is 2.65 bits per heavy atom. The fourth-order valence-corrected chi connectivity index (χ4v) is 2.77. The SMILES string of the molecule is C[n+]1ccc2c(ccc3[nH]c4ccc(O)cc4c32)c1.[I-]. The lowest BCUT2D eigenvalue weighted by Gasteiger charge is -1.99. The topological polar surface area (TPSA) is 39.9 Å². The maximum absolute atomic E-state index is 9.71. The number of benzene rings is 2. The number of H-pyrrole nitrogens is 1. The number of aromatic amines is 1. The average Bonchev–Trinajstić information content (AvgIpc) is 2.76. The monoisotopic (exact) mass is 376 g/mol. The molecule has 0 radical (unpaired) electrons. The van der Waals surface area contributed by atoms with E-state index in [-0.39, 0.29) is 24.0 Å². The van der Waals surface area contributed by atoms with Crippen molar-refractivity contribution in [2.45, 2.75) is 0 Å². The zero-order valence-corrected chi connectivity index (χ0v) is 13.0. The summed E-state index contributed by atoms with van der Waals surface area (Å²) in [5, 5.41) is 14.3. The summed E-state index contributed by atoms with van der Waals surface area (Å²) in [5.41, 5.74) is 2.15. The van der Waals surface area contributed by atoms with E-state index in [1.54, 1.807) is 6.07 Å². The van der Waals surface area contributed by atoms with Crippen LogP contribution in [0.5, 0.6) is 5.75 Å². The van der Waals surface area contributed by atoms with Gasteiger partial charge in [0.15, 0.2) is 12.4 Å². The molecular weight excluding hydrogens is 363 g/mol. The van der Waals surface area contributed by atoms with Crippen molar-refractivity contribution in [3.8, 4) is 5.75 Å². The minimum absolute atomic E-state index is 0. The number of phenols is 1. The van der Waals surface area contributed by atoms with Crippen molar-refractivity contribution in [3.05, 3.63) is 48.8 Å². The van der Waals surface area contributed by atoms with Crippen molar-refractivity contribution >= 4 is 32.6 Å². The molecule has 2 aromatic carbocycles. The molecule has 0 aliphatic carbocycles. The van der Waals surface area contributed by atoms with E-state index in [2.05, 4.69) is 29.4 Å². The number of aromatic hydroxyl groups is 1. The Kier molecular flexibility index (Phi) is 3.05. The second-order valence-corrected chi connectivity index (χ2v) is 4.96. The summed E-state index contributed by atoms with van der Waals surface area (Å²) in [4.78, 5) is 3.39. The third kappa shape index (κ3) is 1.83. The minimum atomic E-state index is 0. The molecule has 4 heteroatoms. The molecule has 2 N–H and O–H groups in total. The van der Waals surface area contributed by atoms with E-state index in [1.807, 2.05) is 29.9 Å². The van der Waals surface area contributed by atoms with Crippen LogP contribution < -0.4 is 28.5 Å². The van der Waals surface area contributed by atoms with Crippen LogP contribution in [-0.4, -0.2) is 10.1 Å². The van der Waals surface area contributed by atoms with E-state index in [9.17, 15) is 5.11 Å².